The molecule has 0 saturated heterocycles. The SMILES string of the molecule is CCc1ccc(C(N)C(C)Sc2ccc(F)cc2)cc1. The smallest absolute Gasteiger partial charge is 0.123 e. The van der Waals surface area contributed by atoms with Crippen LogP contribution in [-0.4, -0.2) is 5.25 Å². The van der Waals surface area contributed by atoms with Crippen LogP contribution < -0.4 is 5.73 Å². The van der Waals surface area contributed by atoms with Gasteiger partial charge in [-0.3, -0.25) is 0 Å². The maximum atomic E-state index is 12.9. The molecule has 0 spiro atoms. The van der Waals surface area contributed by atoms with Gasteiger partial charge < -0.3 is 5.73 Å². The lowest BCUT2D eigenvalue weighted by atomic mass is 10.0. The minimum Gasteiger partial charge on any atom is -0.323 e. The predicted molar refractivity (Wildman–Crippen MR) is 84.5 cm³/mol. The van der Waals surface area contributed by atoms with Gasteiger partial charge in [0.1, 0.15) is 5.82 Å². The highest BCUT2D eigenvalue weighted by molar-refractivity contribution is 8.00. The summed E-state index contributed by atoms with van der Waals surface area (Å²) in [5.41, 5.74) is 8.78. The molecule has 2 aromatic rings. The predicted octanol–water partition coefficient (Wildman–Crippen LogP) is 4.57. The number of rotatable bonds is 5. The van der Waals surface area contributed by atoms with Crippen LogP contribution >= 0.6 is 11.8 Å². The molecule has 2 unspecified atom stereocenters. The molecular weight excluding hydrogens is 269 g/mol. The first-order chi connectivity index (χ1) is 9.60. The minimum absolute atomic E-state index is 0.0315. The molecule has 0 aromatic heterocycles. The molecule has 0 aliphatic heterocycles. The van der Waals surface area contributed by atoms with Crippen LogP contribution in [0.1, 0.15) is 31.0 Å². The Balaban J connectivity index is 2.03. The van der Waals surface area contributed by atoms with Gasteiger partial charge in [0.15, 0.2) is 0 Å². The van der Waals surface area contributed by atoms with E-state index in [1.807, 2.05) is 0 Å². The highest BCUT2D eigenvalue weighted by Gasteiger charge is 2.16. The van der Waals surface area contributed by atoms with E-state index in [0.29, 0.717) is 0 Å². The Morgan fingerprint density at radius 2 is 1.65 bits per heavy atom. The van der Waals surface area contributed by atoms with E-state index in [-0.39, 0.29) is 17.1 Å². The summed E-state index contributed by atoms with van der Waals surface area (Å²) in [5, 5.41) is 0.230. The lowest BCUT2D eigenvalue weighted by Gasteiger charge is -2.20. The molecule has 0 amide bonds. The third kappa shape index (κ3) is 3.84. The molecular formula is C17H20FNS. The molecule has 0 radical (unpaired) electrons. The zero-order valence-electron chi connectivity index (χ0n) is 11.8. The van der Waals surface area contributed by atoms with Crippen LogP contribution in [0.5, 0.6) is 0 Å². The Morgan fingerprint density at radius 1 is 1.05 bits per heavy atom. The Morgan fingerprint density at radius 3 is 2.20 bits per heavy atom. The molecule has 2 rings (SSSR count). The first-order valence-corrected chi connectivity index (χ1v) is 7.74. The molecule has 1 nitrogen and oxygen atoms in total. The van der Waals surface area contributed by atoms with E-state index >= 15 is 0 Å². The second-order valence-corrected chi connectivity index (χ2v) is 6.35. The Kier molecular flexibility index (Phi) is 5.21. The first kappa shape index (κ1) is 15.1. The standard InChI is InChI=1S/C17H20FNS/c1-3-13-4-6-14(7-5-13)17(19)12(2)20-16-10-8-15(18)9-11-16/h4-12,17H,3,19H2,1-2H3. The fourth-order valence-corrected chi connectivity index (χ4v) is 3.07. The summed E-state index contributed by atoms with van der Waals surface area (Å²) in [6.45, 7) is 4.24. The van der Waals surface area contributed by atoms with Crippen molar-refractivity contribution in [3.05, 3.63) is 65.5 Å². The number of aryl methyl sites for hydroxylation is 1. The fraction of sp³-hybridized carbons (Fsp3) is 0.294. The average Bonchev–Trinajstić information content (AvgIpc) is 2.49. The summed E-state index contributed by atoms with van der Waals surface area (Å²) in [7, 11) is 0. The maximum Gasteiger partial charge on any atom is 0.123 e. The molecule has 0 bridgehead atoms. The van der Waals surface area contributed by atoms with Gasteiger partial charge in [0.2, 0.25) is 0 Å². The van der Waals surface area contributed by atoms with Gasteiger partial charge in [0.25, 0.3) is 0 Å². The molecule has 20 heavy (non-hydrogen) atoms. The van der Waals surface area contributed by atoms with Gasteiger partial charge >= 0.3 is 0 Å². The van der Waals surface area contributed by atoms with Crippen molar-refractivity contribution in [2.45, 2.75) is 36.5 Å². The van der Waals surface area contributed by atoms with Crippen molar-refractivity contribution < 1.29 is 4.39 Å². The fourth-order valence-electron chi connectivity index (χ4n) is 2.05. The molecule has 106 valence electrons. The minimum atomic E-state index is -0.207. The highest BCUT2D eigenvalue weighted by Crippen LogP contribution is 2.30. The van der Waals surface area contributed by atoms with Gasteiger partial charge in [0.05, 0.1) is 0 Å². The van der Waals surface area contributed by atoms with Gasteiger partial charge in [-0.2, -0.15) is 0 Å². The van der Waals surface area contributed by atoms with Crippen LogP contribution in [-0.2, 0) is 6.42 Å². The van der Waals surface area contributed by atoms with Gasteiger partial charge in [-0.1, -0.05) is 38.1 Å². The van der Waals surface area contributed by atoms with E-state index in [1.165, 1.54) is 17.7 Å². The second-order valence-electron chi connectivity index (χ2n) is 4.90. The number of nitrogens with two attached hydrogens (primary N) is 1. The van der Waals surface area contributed by atoms with Crippen LogP contribution in [0.4, 0.5) is 4.39 Å². The monoisotopic (exact) mass is 289 g/mol. The molecule has 2 aromatic carbocycles. The lowest BCUT2D eigenvalue weighted by Crippen LogP contribution is -2.21. The maximum absolute atomic E-state index is 12.9. The number of thioether (sulfide) groups is 1. The summed E-state index contributed by atoms with van der Waals surface area (Å²) >= 11 is 1.67. The number of halogens is 1. The van der Waals surface area contributed by atoms with Gasteiger partial charge in [-0.25, -0.2) is 4.39 Å². The molecule has 0 aliphatic carbocycles. The van der Waals surface area contributed by atoms with E-state index in [2.05, 4.69) is 38.1 Å². The molecule has 0 saturated carbocycles. The van der Waals surface area contributed by atoms with Crippen molar-refractivity contribution in [3.63, 3.8) is 0 Å². The molecule has 0 fully saturated rings. The first-order valence-electron chi connectivity index (χ1n) is 6.86. The van der Waals surface area contributed by atoms with Gasteiger partial charge in [-0.05, 0) is 41.8 Å². The summed E-state index contributed by atoms with van der Waals surface area (Å²) in [6.07, 6.45) is 1.04. The van der Waals surface area contributed by atoms with Crippen LogP contribution in [0.3, 0.4) is 0 Å². The average molecular weight is 289 g/mol. The molecule has 2 N–H and O–H groups in total. The number of hydrogen-bond acceptors (Lipinski definition) is 2. The zero-order chi connectivity index (χ0) is 14.5. The molecule has 2 atom stereocenters. The van der Waals surface area contributed by atoms with Crippen molar-refractivity contribution in [2.75, 3.05) is 0 Å². The van der Waals surface area contributed by atoms with E-state index in [4.69, 9.17) is 5.73 Å². The van der Waals surface area contributed by atoms with Crippen molar-refractivity contribution >= 4 is 11.8 Å². The molecule has 0 aliphatic rings. The third-order valence-electron chi connectivity index (χ3n) is 3.41. The third-order valence-corrected chi connectivity index (χ3v) is 4.62. The highest BCUT2D eigenvalue weighted by atomic mass is 32.2. The summed E-state index contributed by atoms with van der Waals surface area (Å²) < 4.78 is 12.9. The molecule has 3 heteroatoms. The van der Waals surface area contributed by atoms with Gasteiger partial charge in [0, 0.05) is 16.2 Å². The van der Waals surface area contributed by atoms with Crippen molar-refractivity contribution in [2.24, 2.45) is 5.73 Å². The second kappa shape index (κ2) is 6.91. The van der Waals surface area contributed by atoms with Crippen LogP contribution in [0.15, 0.2) is 53.4 Å². The summed E-state index contributed by atoms with van der Waals surface area (Å²) in [4.78, 5) is 1.04. The largest absolute Gasteiger partial charge is 0.323 e. The summed E-state index contributed by atoms with van der Waals surface area (Å²) in [6, 6.07) is 15.0. The zero-order valence-corrected chi connectivity index (χ0v) is 12.7. The molecule has 0 heterocycles. The van der Waals surface area contributed by atoms with Gasteiger partial charge in [-0.15, -0.1) is 11.8 Å². The van der Waals surface area contributed by atoms with E-state index in [9.17, 15) is 4.39 Å². The van der Waals surface area contributed by atoms with E-state index in [1.54, 1.807) is 23.9 Å². The van der Waals surface area contributed by atoms with Crippen molar-refractivity contribution in [1.29, 1.82) is 0 Å². The summed E-state index contributed by atoms with van der Waals surface area (Å²) in [5.74, 6) is -0.207. The normalized spacial score (nSPS) is 14.0. The van der Waals surface area contributed by atoms with E-state index in [0.717, 1.165) is 16.9 Å². The Hall–Kier alpha value is -1.32. The number of hydrogen-bond donors (Lipinski definition) is 1. The van der Waals surface area contributed by atoms with Crippen LogP contribution in [0.25, 0.3) is 0 Å². The topological polar surface area (TPSA) is 26.0 Å². The van der Waals surface area contributed by atoms with E-state index < -0.39 is 0 Å². The van der Waals surface area contributed by atoms with Crippen LogP contribution in [0.2, 0.25) is 0 Å². The number of benzene rings is 2. The lowest BCUT2D eigenvalue weighted by molar-refractivity contribution is 0.626. The Labute approximate surface area is 124 Å². The quantitative estimate of drug-likeness (QED) is 0.816. The Bertz CT molecular complexity index is 536. The van der Waals surface area contributed by atoms with Crippen molar-refractivity contribution in [1.82, 2.24) is 0 Å². The van der Waals surface area contributed by atoms with Crippen molar-refractivity contribution in [3.8, 4) is 0 Å². The van der Waals surface area contributed by atoms with Crippen LogP contribution in [0, 0.1) is 5.82 Å².